The summed E-state index contributed by atoms with van der Waals surface area (Å²) in [6.45, 7) is 10.9. The zero-order chi connectivity index (χ0) is 18.1. The molecule has 2 rings (SSSR count). The Hall–Kier alpha value is -0.0800. The molecular formula is C23H45NO. The van der Waals surface area contributed by atoms with Gasteiger partial charge in [-0.2, -0.15) is 0 Å². The highest BCUT2D eigenvalue weighted by Gasteiger charge is 2.46. The van der Waals surface area contributed by atoms with Gasteiger partial charge in [0.1, 0.15) is 0 Å². The summed E-state index contributed by atoms with van der Waals surface area (Å²) in [5.41, 5.74) is 0.454. The summed E-state index contributed by atoms with van der Waals surface area (Å²) in [5.74, 6) is 1.23. The first-order valence-corrected chi connectivity index (χ1v) is 11.5. The van der Waals surface area contributed by atoms with Crippen molar-refractivity contribution in [1.29, 1.82) is 0 Å². The summed E-state index contributed by atoms with van der Waals surface area (Å²) in [7, 11) is 0. The van der Waals surface area contributed by atoms with Crippen LogP contribution in [0.4, 0.5) is 0 Å². The van der Waals surface area contributed by atoms with Gasteiger partial charge in [-0.15, -0.1) is 0 Å². The highest BCUT2D eigenvalue weighted by molar-refractivity contribution is 4.97. The third kappa shape index (κ3) is 6.54. The summed E-state index contributed by atoms with van der Waals surface area (Å²) in [4.78, 5) is 2.73. The molecule has 1 aliphatic carbocycles. The van der Waals surface area contributed by atoms with Crippen molar-refractivity contribution >= 4 is 0 Å². The third-order valence-electron chi connectivity index (χ3n) is 7.32. The Balaban J connectivity index is 1.53. The second-order valence-electron chi connectivity index (χ2n) is 9.47. The molecule has 2 nitrogen and oxygen atoms in total. The number of rotatable bonds is 11. The zero-order valence-corrected chi connectivity index (χ0v) is 17.4. The first-order valence-electron chi connectivity index (χ1n) is 11.5. The quantitative estimate of drug-likeness (QED) is 0.460. The molecule has 2 heteroatoms. The van der Waals surface area contributed by atoms with Crippen LogP contribution in [0, 0.1) is 17.3 Å². The van der Waals surface area contributed by atoms with Gasteiger partial charge in [0, 0.05) is 6.54 Å². The Morgan fingerprint density at radius 2 is 1.52 bits per heavy atom. The van der Waals surface area contributed by atoms with E-state index in [9.17, 15) is 5.11 Å². The van der Waals surface area contributed by atoms with Gasteiger partial charge < -0.3 is 10.0 Å². The van der Waals surface area contributed by atoms with Gasteiger partial charge in [-0.25, -0.2) is 0 Å². The lowest BCUT2D eigenvalue weighted by atomic mass is 9.59. The first-order chi connectivity index (χ1) is 12.1. The highest BCUT2D eigenvalue weighted by atomic mass is 16.3. The Morgan fingerprint density at radius 1 is 0.920 bits per heavy atom. The van der Waals surface area contributed by atoms with Crippen molar-refractivity contribution in [3.63, 3.8) is 0 Å². The fourth-order valence-electron chi connectivity index (χ4n) is 5.56. The fraction of sp³-hybridized carbons (Fsp3) is 1.00. The molecule has 1 heterocycles. The summed E-state index contributed by atoms with van der Waals surface area (Å²) < 4.78 is 0. The van der Waals surface area contributed by atoms with Gasteiger partial charge in [0.15, 0.2) is 0 Å². The van der Waals surface area contributed by atoms with E-state index in [2.05, 4.69) is 25.7 Å². The number of aliphatic hydroxyl groups is 1. The first kappa shape index (κ1) is 21.2. The predicted molar refractivity (Wildman–Crippen MR) is 109 cm³/mol. The molecule has 2 fully saturated rings. The number of piperidine rings is 1. The van der Waals surface area contributed by atoms with Crippen molar-refractivity contribution in [3.05, 3.63) is 0 Å². The van der Waals surface area contributed by atoms with Crippen LogP contribution in [0.3, 0.4) is 0 Å². The molecule has 1 N–H and O–H groups in total. The van der Waals surface area contributed by atoms with Crippen LogP contribution in [-0.4, -0.2) is 35.7 Å². The lowest BCUT2D eigenvalue weighted by Gasteiger charge is -2.53. The molecule has 0 radical (unpaired) electrons. The van der Waals surface area contributed by atoms with Crippen LogP contribution in [0.2, 0.25) is 0 Å². The van der Waals surface area contributed by atoms with Gasteiger partial charge in [-0.1, -0.05) is 78.6 Å². The number of hydrogen-bond acceptors (Lipinski definition) is 2. The Bertz CT molecular complexity index is 358. The Morgan fingerprint density at radius 3 is 2.16 bits per heavy atom. The second-order valence-corrected chi connectivity index (χ2v) is 9.47. The molecule has 1 saturated carbocycles. The SMILES string of the molecule is CCCCCCCCCCCCN1CC[C@H]2[C@H](C)[C@@H](O)CC[C@]2(C)C1. The largest absolute Gasteiger partial charge is 0.393 e. The maximum atomic E-state index is 10.2. The van der Waals surface area contributed by atoms with Gasteiger partial charge in [-0.3, -0.25) is 0 Å². The van der Waals surface area contributed by atoms with Gasteiger partial charge in [0.05, 0.1) is 6.10 Å². The average molecular weight is 352 g/mol. The fourth-order valence-corrected chi connectivity index (χ4v) is 5.56. The van der Waals surface area contributed by atoms with E-state index in [0.717, 1.165) is 12.3 Å². The number of likely N-dealkylation sites (tertiary alicyclic amines) is 1. The second kappa shape index (κ2) is 10.9. The van der Waals surface area contributed by atoms with Crippen LogP contribution in [0.25, 0.3) is 0 Å². The lowest BCUT2D eigenvalue weighted by molar-refractivity contribution is -0.0768. The van der Waals surface area contributed by atoms with Crippen molar-refractivity contribution in [2.75, 3.05) is 19.6 Å². The van der Waals surface area contributed by atoms with Crippen molar-refractivity contribution in [1.82, 2.24) is 4.90 Å². The number of aliphatic hydroxyl groups excluding tert-OH is 1. The maximum absolute atomic E-state index is 10.2. The smallest absolute Gasteiger partial charge is 0.0568 e. The molecule has 2 aliphatic rings. The van der Waals surface area contributed by atoms with E-state index in [0.29, 0.717) is 11.3 Å². The van der Waals surface area contributed by atoms with Crippen LogP contribution >= 0.6 is 0 Å². The van der Waals surface area contributed by atoms with E-state index < -0.39 is 0 Å². The van der Waals surface area contributed by atoms with E-state index in [-0.39, 0.29) is 6.10 Å². The summed E-state index contributed by atoms with van der Waals surface area (Å²) >= 11 is 0. The Labute approximate surface area is 157 Å². The number of unbranched alkanes of at least 4 members (excludes halogenated alkanes) is 9. The van der Waals surface area contributed by atoms with Crippen LogP contribution < -0.4 is 0 Å². The van der Waals surface area contributed by atoms with Crippen LogP contribution in [0.1, 0.15) is 104 Å². The summed E-state index contributed by atoms with van der Waals surface area (Å²) in [5, 5.41) is 10.2. The molecule has 0 aromatic carbocycles. The minimum atomic E-state index is -0.0494. The summed E-state index contributed by atoms with van der Waals surface area (Å²) in [6.07, 6.45) is 17.7. The lowest BCUT2D eigenvalue weighted by Crippen LogP contribution is -2.53. The maximum Gasteiger partial charge on any atom is 0.0568 e. The standard InChI is InChI=1S/C23H45NO/c1-4-5-6-7-8-9-10-11-12-13-17-24-18-15-21-20(2)22(25)14-16-23(21,3)19-24/h20-22,25H,4-19H2,1-3H3/t20-,21-,22-,23+/m0/s1. The monoisotopic (exact) mass is 351 g/mol. The molecule has 0 bridgehead atoms. The minimum absolute atomic E-state index is 0.0494. The molecule has 0 aromatic heterocycles. The third-order valence-corrected chi connectivity index (χ3v) is 7.32. The molecule has 1 aliphatic heterocycles. The van der Waals surface area contributed by atoms with Gasteiger partial charge in [0.2, 0.25) is 0 Å². The molecule has 25 heavy (non-hydrogen) atoms. The van der Waals surface area contributed by atoms with Crippen molar-refractivity contribution < 1.29 is 5.11 Å². The normalized spacial score (nSPS) is 33.4. The molecule has 0 aromatic rings. The summed E-state index contributed by atoms with van der Waals surface area (Å²) in [6, 6.07) is 0. The highest BCUT2D eigenvalue weighted by Crippen LogP contribution is 2.48. The zero-order valence-electron chi connectivity index (χ0n) is 17.4. The van der Waals surface area contributed by atoms with Crippen LogP contribution in [0.5, 0.6) is 0 Å². The topological polar surface area (TPSA) is 23.5 Å². The predicted octanol–water partition coefficient (Wildman–Crippen LogP) is 6.03. The molecular weight excluding hydrogens is 306 g/mol. The van der Waals surface area contributed by atoms with E-state index >= 15 is 0 Å². The van der Waals surface area contributed by atoms with E-state index in [1.165, 1.54) is 96.7 Å². The average Bonchev–Trinajstić information content (AvgIpc) is 2.60. The molecule has 0 amide bonds. The number of hydrogen-bond donors (Lipinski definition) is 1. The van der Waals surface area contributed by atoms with E-state index in [1.807, 2.05) is 0 Å². The molecule has 1 saturated heterocycles. The van der Waals surface area contributed by atoms with Crippen molar-refractivity contribution in [2.24, 2.45) is 17.3 Å². The van der Waals surface area contributed by atoms with Crippen LogP contribution in [-0.2, 0) is 0 Å². The van der Waals surface area contributed by atoms with Crippen molar-refractivity contribution in [2.45, 2.75) is 110 Å². The Kier molecular flexibility index (Phi) is 9.27. The van der Waals surface area contributed by atoms with Gasteiger partial charge in [0.25, 0.3) is 0 Å². The number of fused-ring (bicyclic) bond motifs is 1. The van der Waals surface area contributed by atoms with Crippen molar-refractivity contribution in [3.8, 4) is 0 Å². The minimum Gasteiger partial charge on any atom is -0.393 e. The number of nitrogens with zero attached hydrogens (tertiary/aromatic N) is 1. The van der Waals surface area contributed by atoms with E-state index in [1.54, 1.807) is 0 Å². The molecule has 0 unspecified atom stereocenters. The molecule has 0 spiro atoms. The molecule has 4 atom stereocenters. The van der Waals surface area contributed by atoms with Gasteiger partial charge in [-0.05, 0) is 56.0 Å². The van der Waals surface area contributed by atoms with E-state index in [4.69, 9.17) is 0 Å². The molecule has 148 valence electrons. The van der Waals surface area contributed by atoms with Gasteiger partial charge >= 0.3 is 0 Å². The van der Waals surface area contributed by atoms with Crippen LogP contribution in [0.15, 0.2) is 0 Å².